The second-order valence-corrected chi connectivity index (χ2v) is 4.92. The molecule has 0 heterocycles. The first-order chi connectivity index (χ1) is 8.58. The standard InChI is InChI=1S/C14H20ClN3/c1-4-18(9-5-8-17(2)3)13-7-6-12(11-16)14(15)10-13/h6-7,10H,4-5,8-9H2,1-3H3. The molecule has 1 aromatic rings. The smallest absolute Gasteiger partial charge is 0.101 e. The third-order valence-corrected chi connectivity index (χ3v) is 3.17. The van der Waals surface area contributed by atoms with E-state index in [0.717, 1.165) is 31.7 Å². The van der Waals surface area contributed by atoms with Gasteiger partial charge in [-0.25, -0.2) is 0 Å². The molecule has 0 saturated heterocycles. The molecule has 4 heteroatoms. The lowest BCUT2D eigenvalue weighted by Crippen LogP contribution is -2.26. The molecule has 3 nitrogen and oxygen atoms in total. The maximum atomic E-state index is 8.85. The highest BCUT2D eigenvalue weighted by atomic mass is 35.5. The van der Waals surface area contributed by atoms with Crippen LogP contribution in [0.5, 0.6) is 0 Å². The maximum Gasteiger partial charge on any atom is 0.101 e. The summed E-state index contributed by atoms with van der Waals surface area (Å²) in [4.78, 5) is 4.45. The van der Waals surface area contributed by atoms with Crippen LogP contribution < -0.4 is 4.90 Å². The van der Waals surface area contributed by atoms with Gasteiger partial charge in [-0.2, -0.15) is 5.26 Å². The highest BCUT2D eigenvalue weighted by Crippen LogP contribution is 2.23. The Bertz CT molecular complexity index is 424. The van der Waals surface area contributed by atoms with Crippen molar-refractivity contribution in [1.29, 1.82) is 5.26 Å². The van der Waals surface area contributed by atoms with Gasteiger partial charge in [-0.05, 0) is 52.2 Å². The van der Waals surface area contributed by atoms with Crippen LogP contribution in [0.1, 0.15) is 18.9 Å². The highest BCUT2D eigenvalue weighted by Gasteiger charge is 2.07. The number of rotatable bonds is 6. The van der Waals surface area contributed by atoms with E-state index in [-0.39, 0.29) is 0 Å². The van der Waals surface area contributed by atoms with Crippen LogP contribution in [0, 0.1) is 11.3 Å². The second kappa shape index (κ2) is 7.25. The molecule has 0 fully saturated rings. The van der Waals surface area contributed by atoms with Gasteiger partial charge in [0.05, 0.1) is 10.6 Å². The predicted octanol–water partition coefficient (Wildman–Crippen LogP) is 2.99. The van der Waals surface area contributed by atoms with Crippen molar-refractivity contribution in [2.45, 2.75) is 13.3 Å². The molecule has 0 amide bonds. The summed E-state index contributed by atoms with van der Waals surface area (Å²) in [6.45, 7) is 5.13. The molecule has 0 aliphatic heterocycles. The van der Waals surface area contributed by atoms with E-state index in [0.29, 0.717) is 10.6 Å². The van der Waals surface area contributed by atoms with Gasteiger partial charge in [0.1, 0.15) is 6.07 Å². The molecule has 0 radical (unpaired) electrons. The molecule has 98 valence electrons. The monoisotopic (exact) mass is 265 g/mol. The van der Waals surface area contributed by atoms with Crippen molar-refractivity contribution in [1.82, 2.24) is 4.90 Å². The van der Waals surface area contributed by atoms with Crippen molar-refractivity contribution in [3.05, 3.63) is 28.8 Å². The summed E-state index contributed by atoms with van der Waals surface area (Å²) in [6.07, 6.45) is 1.11. The summed E-state index contributed by atoms with van der Waals surface area (Å²) in [7, 11) is 4.16. The topological polar surface area (TPSA) is 30.3 Å². The molecule has 0 saturated carbocycles. The molecule has 0 aliphatic rings. The third-order valence-electron chi connectivity index (χ3n) is 2.85. The van der Waals surface area contributed by atoms with Crippen LogP contribution in [0.4, 0.5) is 5.69 Å². The Morgan fingerprint density at radius 1 is 1.28 bits per heavy atom. The van der Waals surface area contributed by atoms with Crippen molar-refractivity contribution >= 4 is 17.3 Å². The van der Waals surface area contributed by atoms with E-state index in [1.54, 1.807) is 6.07 Å². The van der Waals surface area contributed by atoms with Gasteiger partial charge >= 0.3 is 0 Å². The van der Waals surface area contributed by atoms with Crippen LogP contribution in [0.2, 0.25) is 5.02 Å². The lowest BCUT2D eigenvalue weighted by atomic mass is 10.2. The van der Waals surface area contributed by atoms with Crippen molar-refractivity contribution in [3.8, 4) is 6.07 Å². The van der Waals surface area contributed by atoms with Crippen LogP contribution in [0.3, 0.4) is 0 Å². The fourth-order valence-corrected chi connectivity index (χ4v) is 2.06. The van der Waals surface area contributed by atoms with E-state index in [4.69, 9.17) is 16.9 Å². The molecule has 1 rings (SSSR count). The number of anilines is 1. The third kappa shape index (κ3) is 4.21. The zero-order chi connectivity index (χ0) is 13.5. The van der Waals surface area contributed by atoms with Gasteiger partial charge in [-0.1, -0.05) is 11.6 Å². The molecule has 0 spiro atoms. The van der Waals surface area contributed by atoms with Crippen LogP contribution >= 0.6 is 11.6 Å². The Balaban J connectivity index is 2.70. The molecule has 0 aliphatic carbocycles. The second-order valence-electron chi connectivity index (χ2n) is 4.51. The van der Waals surface area contributed by atoms with E-state index in [1.165, 1.54) is 0 Å². The van der Waals surface area contributed by atoms with Crippen LogP contribution in [0.15, 0.2) is 18.2 Å². The number of nitrogens with zero attached hydrogens (tertiary/aromatic N) is 3. The molecule has 0 aromatic heterocycles. The first kappa shape index (κ1) is 14.8. The van der Waals surface area contributed by atoms with Crippen molar-refractivity contribution < 1.29 is 0 Å². The van der Waals surface area contributed by atoms with Crippen LogP contribution in [-0.2, 0) is 0 Å². The lowest BCUT2D eigenvalue weighted by Gasteiger charge is -2.24. The Hall–Kier alpha value is -1.24. The first-order valence-corrected chi connectivity index (χ1v) is 6.55. The minimum Gasteiger partial charge on any atom is -0.372 e. The van der Waals surface area contributed by atoms with E-state index < -0.39 is 0 Å². The van der Waals surface area contributed by atoms with E-state index in [9.17, 15) is 0 Å². The van der Waals surface area contributed by atoms with E-state index in [2.05, 4.69) is 36.9 Å². The van der Waals surface area contributed by atoms with Crippen molar-refractivity contribution in [3.63, 3.8) is 0 Å². The van der Waals surface area contributed by atoms with E-state index in [1.807, 2.05) is 12.1 Å². The van der Waals surface area contributed by atoms with Crippen LogP contribution in [0.25, 0.3) is 0 Å². The van der Waals surface area contributed by atoms with Gasteiger partial charge < -0.3 is 9.80 Å². The zero-order valence-corrected chi connectivity index (χ0v) is 12.0. The Morgan fingerprint density at radius 3 is 2.50 bits per heavy atom. The van der Waals surface area contributed by atoms with Crippen LogP contribution in [-0.4, -0.2) is 38.6 Å². The molecule has 0 unspecified atom stereocenters. The maximum absolute atomic E-state index is 8.85. The fourth-order valence-electron chi connectivity index (χ4n) is 1.84. The number of halogens is 1. The normalized spacial score (nSPS) is 10.4. The molecule has 0 bridgehead atoms. The summed E-state index contributed by atoms with van der Waals surface area (Å²) >= 11 is 6.06. The van der Waals surface area contributed by atoms with Crippen molar-refractivity contribution in [2.24, 2.45) is 0 Å². The molecular formula is C14H20ClN3. The first-order valence-electron chi connectivity index (χ1n) is 6.17. The molecular weight excluding hydrogens is 246 g/mol. The van der Waals surface area contributed by atoms with Gasteiger partial charge in [0.15, 0.2) is 0 Å². The summed E-state index contributed by atoms with van der Waals surface area (Å²) < 4.78 is 0. The zero-order valence-electron chi connectivity index (χ0n) is 11.3. The summed E-state index contributed by atoms with van der Waals surface area (Å²) in [5.74, 6) is 0. The molecule has 0 atom stereocenters. The Labute approximate surface area is 115 Å². The highest BCUT2D eigenvalue weighted by molar-refractivity contribution is 6.32. The number of nitriles is 1. The molecule has 18 heavy (non-hydrogen) atoms. The van der Waals surface area contributed by atoms with Crippen molar-refractivity contribution in [2.75, 3.05) is 38.6 Å². The SMILES string of the molecule is CCN(CCCN(C)C)c1ccc(C#N)c(Cl)c1. The predicted molar refractivity (Wildman–Crippen MR) is 77.2 cm³/mol. The fraction of sp³-hybridized carbons (Fsp3) is 0.500. The average molecular weight is 266 g/mol. The number of hydrogen-bond donors (Lipinski definition) is 0. The lowest BCUT2D eigenvalue weighted by molar-refractivity contribution is 0.400. The largest absolute Gasteiger partial charge is 0.372 e. The average Bonchev–Trinajstić information content (AvgIpc) is 2.34. The Morgan fingerprint density at radius 2 is 2.00 bits per heavy atom. The van der Waals surface area contributed by atoms with Gasteiger partial charge in [0.25, 0.3) is 0 Å². The van der Waals surface area contributed by atoms with Gasteiger partial charge in [0, 0.05) is 18.8 Å². The van der Waals surface area contributed by atoms with E-state index >= 15 is 0 Å². The summed E-state index contributed by atoms with van der Waals surface area (Å²) in [5, 5.41) is 9.38. The quantitative estimate of drug-likeness (QED) is 0.792. The summed E-state index contributed by atoms with van der Waals surface area (Å²) in [5.41, 5.74) is 1.62. The number of hydrogen-bond acceptors (Lipinski definition) is 3. The van der Waals surface area contributed by atoms with Gasteiger partial charge in [-0.3, -0.25) is 0 Å². The minimum atomic E-state index is 0.529. The molecule has 0 N–H and O–H groups in total. The summed E-state index contributed by atoms with van der Waals surface area (Å²) in [6, 6.07) is 7.70. The number of benzene rings is 1. The van der Waals surface area contributed by atoms with Gasteiger partial charge in [-0.15, -0.1) is 0 Å². The van der Waals surface area contributed by atoms with Gasteiger partial charge in [0.2, 0.25) is 0 Å². The molecule has 1 aromatic carbocycles. The Kier molecular flexibility index (Phi) is 5.97. The minimum absolute atomic E-state index is 0.529.